The van der Waals surface area contributed by atoms with Crippen LogP contribution in [0.25, 0.3) is 10.9 Å². The molecule has 0 aliphatic heterocycles. The van der Waals surface area contributed by atoms with Crippen molar-refractivity contribution in [2.75, 3.05) is 6.61 Å². The van der Waals surface area contributed by atoms with E-state index in [0.29, 0.717) is 10.9 Å². The molecule has 0 spiro atoms. The van der Waals surface area contributed by atoms with Gasteiger partial charge < -0.3 is 9.72 Å². The lowest BCUT2D eigenvalue weighted by molar-refractivity contribution is 0.0512. The van der Waals surface area contributed by atoms with E-state index in [-0.39, 0.29) is 19.4 Å². The van der Waals surface area contributed by atoms with E-state index in [0.717, 1.165) is 5.56 Å². The number of carbonyl (C=O) groups excluding carboxylic acids is 1. The number of rotatable bonds is 2. The van der Waals surface area contributed by atoms with Crippen LogP contribution in [0.1, 0.15) is 24.5 Å². The Morgan fingerprint density at radius 1 is 1.53 bits per heavy atom. The van der Waals surface area contributed by atoms with Crippen LogP contribution in [0, 0.1) is 6.92 Å². The van der Waals surface area contributed by atoms with Gasteiger partial charge in [-0.3, -0.25) is 4.79 Å². The van der Waals surface area contributed by atoms with Crippen LogP contribution in [0.3, 0.4) is 0 Å². The maximum absolute atomic E-state index is 11.7. The van der Waals surface area contributed by atoms with Gasteiger partial charge in [0.1, 0.15) is 0 Å². The molecule has 0 aliphatic rings. The molecule has 0 fully saturated rings. The Bertz CT molecular complexity index is 637. The second kappa shape index (κ2) is 4.37. The minimum absolute atomic E-state index is 0. The lowest BCUT2D eigenvalue weighted by atomic mass is 10.2. The Morgan fingerprint density at radius 2 is 2.29 bits per heavy atom. The number of esters is 1. The maximum atomic E-state index is 11.7. The van der Waals surface area contributed by atoms with Crippen molar-refractivity contribution in [1.82, 2.24) is 9.97 Å². The van der Waals surface area contributed by atoms with Crippen LogP contribution in [0.4, 0.5) is 0 Å². The summed E-state index contributed by atoms with van der Waals surface area (Å²) < 4.78 is 4.79. The standard InChI is InChI=1S/C12H12N2O3.H2/c1-3-17-12(16)10-13-9-6-7(2)4-5-8(9)11(15)14-10;/h4-6H,3H2,1-2H3,(H,13,14,15);1H. The van der Waals surface area contributed by atoms with Gasteiger partial charge in [0.25, 0.3) is 5.56 Å². The van der Waals surface area contributed by atoms with E-state index in [1.165, 1.54) is 0 Å². The van der Waals surface area contributed by atoms with Crippen molar-refractivity contribution >= 4 is 16.9 Å². The van der Waals surface area contributed by atoms with E-state index in [4.69, 9.17) is 4.74 Å². The number of H-pyrrole nitrogens is 1. The van der Waals surface area contributed by atoms with E-state index in [9.17, 15) is 9.59 Å². The molecule has 17 heavy (non-hydrogen) atoms. The Morgan fingerprint density at radius 3 is 3.00 bits per heavy atom. The number of nitrogens with zero attached hydrogens (tertiary/aromatic N) is 1. The SMILES string of the molecule is CCOC(=O)c1nc2cc(C)ccc2c(=O)[nH]1.[HH]. The minimum atomic E-state index is -0.618. The second-order valence-electron chi connectivity index (χ2n) is 3.66. The third-order valence-electron chi connectivity index (χ3n) is 2.33. The molecule has 0 atom stereocenters. The zero-order valence-electron chi connectivity index (χ0n) is 9.61. The molecule has 0 saturated heterocycles. The molecule has 0 saturated carbocycles. The number of hydrogen-bond donors (Lipinski definition) is 1. The number of benzene rings is 1. The van der Waals surface area contributed by atoms with Gasteiger partial charge in [0.2, 0.25) is 5.82 Å². The summed E-state index contributed by atoms with van der Waals surface area (Å²) in [5, 5.41) is 0.462. The number of ether oxygens (including phenoxy) is 1. The summed E-state index contributed by atoms with van der Waals surface area (Å²) in [4.78, 5) is 29.7. The minimum Gasteiger partial charge on any atom is -0.460 e. The monoisotopic (exact) mass is 234 g/mol. The summed E-state index contributed by atoms with van der Waals surface area (Å²) in [6.45, 7) is 3.84. The van der Waals surface area contributed by atoms with Crippen molar-refractivity contribution in [1.29, 1.82) is 0 Å². The number of aryl methyl sites for hydroxylation is 1. The third-order valence-corrected chi connectivity index (χ3v) is 2.33. The summed E-state index contributed by atoms with van der Waals surface area (Å²) in [5.74, 6) is -0.678. The first kappa shape index (κ1) is 11.3. The topological polar surface area (TPSA) is 72.0 Å². The first-order valence-electron chi connectivity index (χ1n) is 5.29. The van der Waals surface area contributed by atoms with Crippen LogP contribution in [0.2, 0.25) is 0 Å². The van der Waals surface area contributed by atoms with Gasteiger partial charge in [0, 0.05) is 1.43 Å². The fraction of sp³-hybridized carbons (Fsp3) is 0.250. The maximum Gasteiger partial charge on any atom is 0.374 e. The van der Waals surface area contributed by atoms with Crippen molar-refractivity contribution in [2.24, 2.45) is 0 Å². The third kappa shape index (κ3) is 2.18. The predicted octanol–water partition coefficient (Wildman–Crippen LogP) is 1.65. The number of aromatic nitrogens is 2. The first-order valence-corrected chi connectivity index (χ1v) is 5.29. The number of hydrogen-bond acceptors (Lipinski definition) is 4. The molecule has 1 aromatic carbocycles. The molecule has 0 aliphatic carbocycles. The number of carbonyl (C=O) groups is 1. The Hall–Kier alpha value is -2.17. The molecular weight excluding hydrogens is 220 g/mol. The van der Waals surface area contributed by atoms with Crippen LogP contribution in [0.15, 0.2) is 23.0 Å². The summed E-state index contributed by atoms with van der Waals surface area (Å²) in [5.41, 5.74) is 1.14. The van der Waals surface area contributed by atoms with Crippen LogP contribution in [0.5, 0.6) is 0 Å². The van der Waals surface area contributed by atoms with Gasteiger partial charge in [-0.25, -0.2) is 9.78 Å². The van der Waals surface area contributed by atoms with Gasteiger partial charge in [-0.2, -0.15) is 0 Å². The number of nitrogens with one attached hydrogen (secondary N) is 1. The van der Waals surface area contributed by atoms with Crippen LogP contribution >= 0.6 is 0 Å². The highest BCUT2D eigenvalue weighted by Gasteiger charge is 2.11. The molecular formula is C12H14N2O3. The van der Waals surface area contributed by atoms with E-state index in [1.54, 1.807) is 19.1 Å². The van der Waals surface area contributed by atoms with Crippen molar-refractivity contribution in [3.05, 3.63) is 39.9 Å². The predicted molar refractivity (Wildman–Crippen MR) is 65.2 cm³/mol. The van der Waals surface area contributed by atoms with Gasteiger partial charge in [0.05, 0.1) is 17.5 Å². The second-order valence-corrected chi connectivity index (χ2v) is 3.66. The zero-order valence-corrected chi connectivity index (χ0v) is 9.61. The number of aromatic amines is 1. The molecule has 1 N–H and O–H groups in total. The highest BCUT2D eigenvalue weighted by molar-refractivity contribution is 5.88. The van der Waals surface area contributed by atoms with Crippen molar-refractivity contribution in [2.45, 2.75) is 13.8 Å². The van der Waals surface area contributed by atoms with E-state index >= 15 is 0 Å². The smallest absolute Gasteiger partial charge is 0.374 e. The van der Waals surface area contributed by atoms with E-state index in [1.807, 2.05) is 13.0 Å². The van der Waals surface area contributed by atoms with Gasteiger partial charge in [0.15, 0.2) is 0 Å². The van der Waals surface area contributed by atoms with Crippen molar-refractivity contribution < 1.29 is 11.0 Å². The normalized spacial score (nSPS) is 10.5. The Kier molecular flexibility index (Phi) is 2.91. The molecule has 0 bridgehead atoms. The Labute approximate surface area is 98.9 Å². The van der Waals surface area contributed by atoms with Crippen molar-refractivity contribution in [3.8, 4) is 0 Å². The average molecular weight is 234 g/mol. The lowest BCUT2D eigenvalue weighted by Gasteiger charge is -2.03. The molecule has 1 heterocycles. The fourth-order valence-electron chi connectivity index (χ4n) is 1.55. The van der Waals surface area contributed by atoms with Crippen LogP contribution in [-0.4, -0.2) is 22.5 Å². The zero-order chi connectivity index (χ0) is 12.4. The summed E-state index contributed by atoms with van der Waals surface area (Å²) in [6, 6.07) is 5.27. The highest BCUT2D eigenvalue weighted by Crippen LogP contribution is 2.09. The summed E-state index contributed by atoms with van der Waals surface area (Å²) >= 11 is 0. The molecule has 0 amide bonds. The summed E-state index contributed by atoms with van der Waals surface area (Å²) in [6.07, 6.45) is 0. The lowest BCUT2D eigenvalue weighted by Crippen LogP contribution is -2.17. The number of fused-ring (bicyclic) bond motifs is 1. The van der Waals surface area contributed by atoms with Crippen molar-refractivity contribution in [3.63, 3.8) is 0 Å². The van der Waals surface area contributed by atoms with Gasteiger partial charge >= 0.3 is 5.97 Å². The Balaban J connectivity index is 0.00000162. The molecule has 5 nitrogen and oxygen atoms in total. The quantitative estimate of drug-likeness (QED) is 0.802. The van der Waals surface area contributed by atoms with Gasteiger partial charge in [-0.15, -0.1) is 0 Å². The molecule has 5 heteroatoms. The fourth-order valence-corrected chi connectivity index (χ4v) is 1.55. The van der Waals surface area contributed by atoms with Gasteiger partial charge in [-0.05, 0) is 31.5 Å². The molecule has 90 valence electrons. The summed E-state index contributed by atoms with van der Waals surface area (Å²) in [7, 11) is 0. The van der Waals surface area contributed by atoms with E-state index in [2.05, 4.69) is 9.97 Å². The molecule has 0 unspecified atom stereocenters. The molecule has 0 radical (unpaired) electrons. The average Bonchev–Trinajstić information content (AvgIpc) is 2.28. The molecule has 2 aromatic rings. The van der Waals surface area contributed by atoms with Crippen LogP contribution < -0.4 is 5.56 Å². The van der Waals surface area contributed by atoms with E-state index < -0.39 is 5.97 Å². The highest BCUT2D eigenvalue weighted by atomic mass is 16.5. The first-order chi connectivity index (χ1) is 8.11. The molecule has 2 rings (SSSR count). The van der Waals surface area contributed by atoms with Gasteiger partial charge in [-0.1, -0.05) is 6.07 Å². The van der Waals surface area contributed by atoms with Crippen LogP contribution in [-0.2, 0) is 4.74 Å². The largest absolute Gasteiger partial charge is 0.460 e. The molecule has 1 aromatic heterocycles.